The molecule has 1 fully saturated rings. The van der Waals surface area contributed by atoms with Crippen LogP contribution in [0.4, 0.5) is 0 Å². The van der Waals surface area contributed by atoms with Gasteiger partial charge in [-0.1, -0.05) is 0 Å². The zero-order valence-electron chi connectivity index (χ0n) is 12.1. The van der Waals surface area contributed by atoms with Crippen molar-refractivity contribution < 1.29 is 9.59 Å². The molecule has 1 saturated heterocycles. The Morgan fingerprint density at radius 1 is 1.38 bits per heavy atom. The molecule has 0 unspecified atom stereocenters. The van der Waals surface area contributed by atoms with E-state index in [0.717, 1.165) is 38.2 Å². The van der Waals surface area contributed by atoms with Crippen molar-refractivity contribution in [2.75, 3.05) is 13.1 Å². The van der Waals surface area contributed by atoms with Crippen LogP contribution in [0.15, 0.2) is 18.3 Å². The van der Waals surface area contributed by atoms with E-state index < -0.39 is 0 Å². The van der Waals surface area contributed by atoms with Gasteiger partial charge in [0.15, 0.2) is 0 Å². The number of hydrogen-bond acceptors (Lipinski definition) is 5. The first-order valence-corrected chi connectivity index (χ1v) is 7.04. The van der Waals surface area contributed by atoms with Gasteiger partial charge in [-0.05, 0) is 25.0 Å². The van der Waals surface area contributed by atoms with E-state index >= 15 is 0 Å². The molecular weight excluding hydrogens is 270 g/mol. The van der Waals surface area contributed by atoms with Crippen LogP contribution in [-0.2, 0) is 11.3 Å². The van der Waals surface area contributed by atoms with E-state index in [1.807, 2.05) is 6.07 Å². The van der Waals surface area contributed by atoms with Crippen molar-refractivity contribution in [3.05, 3.63) is 29.6 Å². The Hall–Kier alpha value is -1.99. The van der Waals surface area contributed by atoms with Crippen LogP contribution in [0.1, 0.15) is 35.8 Å². The zero-order valence-corrected chi connectivity index (χ0v) is 12.1. The number of aromatic nitrogens is 1. The third kappa shape index (κ3) is 4.51. The summed E-state index contributed by atoms with van der Waals surface area (Å²) in [6.45, 7) is 4.15. The van der Waals surface area contributed by atoms with Crippen LogP contribution in [0.2, 0.25) is 0 Å². The van der Waals surface area contributed by atoms with E-state index in [4.69, 9.17) is 5.84 Å². The van der Waals surface area contributed by atoms with Crippen LogP contribution in [0.25, 0.3) is 0 Å². The quantitative estimate of drug-likeness (QED) is 0.405. The molecule has 114 valence electrons. The summed E-state index contributed by atoms with van der Waals surface area (Å²) in [7, 11) is 0. The fourth-order valence-electron chi connectivity index (χ4n) is 2.49. The fraction of sp³-hybridized carbons (Fsp3) is 0.500. The first-order chi connectivity index (χ1) is 10.1. The molecule has 2 amide bonds. The lowest BCUT2D eigenvalue weighted by molar-refractivity contribution is -0.120. The van der Waals surface area contributed by atoms with E-state index in [9.17, 15) is 9.59 Å². The molecule has 0 saturated carbocycles. The molecule has 1 aromatic rings. The summed E-state index contributed by atoms with van der Waals surface area (Å²) in [5.41, 5.74) is 3.45. The number of rotatable bonds is 4. The summed E-state index contributed by atoms with van der Waals surface area (Å²) < 4.78 is 0. The molecule has 2 heterocycles. The van der Waals surface area contributed by atoms with Gasteiger partial charge in [-0.15, -0.1) is 0 Å². The van der Waals surface area contributed by atoms with E-state index in [1.165, 1.54) is 6.20 Å². The number of pyridine rings is 1. The number of nitrogens with one attached hydrogen (secondary N) is 2. The Kier molecular flexibility index (Phi) is 5.24. The molecule has 1 aromatic heterocycles. The molecule has 1 aliphatic rings. The summed E-state index contributed by atoms with van der Waals surface area (Å²) >= 11 is 0. The van der Waals surface area contributed by atoms with Crippen LogP contribution in [0, 0.1) is 0 Å². The van der Waals surface area contributed by atoms with Crippen LogP contribution in [0.3, 0.4) is 0 Å². The number of piperidine rings is 1. The molecule has 7 nitrogen and oxygen atoms in total. The van der Waals surface area contributed by atoms with E-state index in [1.54, 1.807) is 13.0 Å². The molecule has 0 aromatic carbocycles. The van der Waals surface area contributed by atoms with Gasteiger partial charge in [0.1, 0.15) is 0 Å². The number of carbonyl (C=O) groups excluding carboxylic acids is 2. The molecular formula is C14H21N5O2. The number of hydrazine groups is 1. The first-order valence-electron chi connectivity index (χ1n) is 7.04. The van der Waals surface area contributed by atoms with Gasteiger partial charge in [-0.25, -0.2) is 5.84 Å². The number of carbonyl (C=O) groups is 2. The van der Waals surface area contributed by atoms with Crippen LogP contribution >= 0.6 is 0 Å². The highest BCUT2D eigenvalue weighted by atomic mass is 16.2. The van der Waals surface area contributed by atoms with Crippen LogP contribution < -0.4 is 16.6 Å². The average molecular weight is 291 g/mol. The Balaban J connectivity index is 1.83. The standard InChI is InChI=1S/C14H21N5O2/c1-10(20)17-12-4-6-19(7-5-12)9-13-3-2-11(8-16-13)14(21)18-15/h2-3,8,12H,4-7,9,15H2,1H3,(H,17,20)(H,18,21). The minimum absolute atomic E-state index is 0.0314. The van der Waals surface area contributed by atoms with Gasteiger partial charge in [-0.3, -0.25) is 24.9 Å². The topological polar surface area (TPSA) is 100 Å². The van der Waals surface area contributed by atoms with Crippen molar-refractivity contribution in [1.82, 2.24) is 20.6 Å². The Morgan fingerprint density at radius 2 is 2.10 bits per heavy atom. The van der Waals surface area contributed by atoms with E-state index in [0.29, 0.717) is 5.56 Å². The molecule has 0 bridgehead atoms. The summed E-state index contributed by atoms with van der Waals surface area (Å²) in [5, 5.41) is 2.96. The third-order valence-electron chi connectivity index (χ3n) is 3.60. The van der Waals surface area contributed by atoms with Crippen molar-refractivity contribution in [3.63, 3.8) is 0 Å². The zero-order chi connectivity index (χ0) is 15.2. The van der Waals surface area contributed by atoms with Crippen LogP contribution in [0.5, 0.6) is 0 Å². The SMILES string of the molecule is CC(=O)NC1CCN(Cc2ccc(C(=O)NN)cn2)CC1. The number of hydrogen-bond donors (Lipinski definition) is 3. The maximum Gasteiger partial charge on any atom is 0.266 e. The summed E-state index contributed by atoms with van der Waals surface area (Å²) in [5.74, 6) is 4.76. The molecule has 4 N–H and O–H groups in total. The molecule has 0 radical (unpaired) electrons. The third-order valence-corrected chi connectivity index (χ3v) is 3.60. The van der Waals surface area contributed by atoms with Crippen molar-refractivity contribution >= 4 is 11.8 Å². The van der Waals surface area contributed by atoms with Gasteiger partial charge in [0.05, 0.1) is 11.3 Å². The number of amides is 2. The molecule has 21 heavy (non-hydrogen) atoms. The van der Waals surface area contributed by atoms with Crippen molar-refractivity contribution in [2.24, 2.45) is 5.84 Å². The monoisotopic (exact) mass is 291 g/mol. The molecule has 0 spiro atoms. The number of nitrogen functional groups attached to an aromatic ring is 1. The lowest BCUT2D eigenvalue weighted by atomic mass is 10.0. The minimum atomic E-state index is -0.342. The second-order valence-electron chi connectivity index (χ2n) is 5.26. The van der Waals surface area contributed by atoms with Crippen molar-refractivity contribution in [1.29, 1.82) is 0 Å². The maximum absolute atomic E-state index is 11.3. The Bertz CT molecular complexity index is 495. The molecule has 7 heteroatoms. The van der Waals surface area contributed by atoms with Gasteiger partial charge in [0, 0.05) is 38.8 Å². The Labute approximate surface area is 123 Å². The lowest BCUT2D eigenvalue weighted by Gasteiger charge is -2.31. The van der Waals surface area contributed by atoms with Gasteiger partial charge in [0.2, 0.25) is 5.91 Å². The van der Waals surface area contributed by atoms with E-state index in [-0.39, 0.29) is 17.9 Å². The average Bonchev–Trinajstić information content (AvgIpc) is 2.49. The molecule has 0 aliphatic carbocycles. The summed E-state index contributed by atoms with van der Waals surface area (Å²) in [6, 6.07) is 3.83. The molecule has 0 atom stereocenters. The number of nitrogens with zero attached hydrogens (tertiary/aromatic N) is 2. The minimum Gasteiger partial charge on any atom is -0.354 e. The normalized spacial score (nSPS) is 16.5. The Morgan fingerprint density at radius 3 is 2.62 bits per heavy atom. The molecule has 2 rings (SSSR count). The van der Waals surface area contributed by atoms with Crippen molar-refractivity contribution in [3.8, 4) is 0 Å². The number of likely N-dealkylation sites (tertiary alicyclic amines) is 1. The van der Waals surface area contributed by atoms with E-state index in [2.05, 4.69) is 20.6 Å². The fourth-order valence-corrected chi connectivity index (χ4v) is 2.49. The second kappa shape index (κ2) is 7.14. The predicted octanol–water partition coefficient (Wildman–Crippen LogP) is -0.214. The van der Waals surface area contributed by atoms with Gasteiger partial charge in [0.25, 0.3) is 5.91 Å². The summed E-state index contributed by atoms with van der Waals surface area (Å²) in [6.07, 6.45) is 3.43. The smallest absolute Gasteiger partial charge is 0.266 e. The molecule has 1 aliphatic heterocycles. The highest BCUT2D eigenvalue weighted by molar-refractivity contribution is 5.93. The van der Waals surface area contributed by atoms with Gasteiger partial charge in [-0.2, -0.15) is 0 Å². The highest BCUT2D eigenvalue weighted by Crippen LogP contribution is 2.13. The number of nitrogens with two attached hydrogens (primary N) is 1. The maximum atomic E-state index is 11.3. The van der Waals surface area contributed by atoms with Crippen LogP contribution in [-0.4, -0.2) is 40.8 Å². The highest BCUT2D eigenvalue weighted by Gasteiger charge is 2.19. The largest absolute Gasteiger partial charge is 0.354 e. The lowest BCUT2D eigenvalue weighted by Crippen LogP contribution is -2.43. The first kappa shape index (κ1) is 15.4. The predicted molar refractivity (Wildman–Crippen MR) is 78.0 cm³/mol. The second-order valence-corrected chi connectivity index (χ2v) is 5.26. The van der Waals surface area contributed by atoms with Crippen molar-refractivity contribution in [2.45, 2.75) is 32.4 Å². The van der Waals surface area contributed by atoms with Gasteiger partial charge >= 0.3 is 0 Å². The van der Waals surface area contributed by atoms with Gasteiger partial charge < -0.3 is 5.32 Å². The summed E-state index contributed by atoms with van der Waals surface area (Å²) in [4.78, 5) is 28.9.